The van der Waals surface area contributed by atoms with E-state index in [0.29, 0.717) is 12.3 Å². The van der Waals surface area contributed by atoms with Crippen LogP contribution in [-0.2, 0) is 6.54 Å². The van der Waals surface area contributed by atoms with Gasteiger partial charge in [-0.2, -0.15) is 0 Å². The lowest BCUT2D eigenvalue weighted by atomic mass is 10.1. The maximum Gasteiger partial charge on any atom is 0.120 e. The molecule has 0 saturated heterocycles. The molecule has 0 unspecified atom stereocenters. The Morgan fingerprint density at radius 1 is 0.818 bits per heavy atom. The van der Waals surface area contributed by atoms with Crippen LogP contribution in [0.3, 0.4) is 0 Å². The summed E-state index contributed by atoms with van der Waals surface area (Å²) in [5.74, 6) is 0.332. The summed E-state index contributed by atoms with van der Waals surface area (Å²) in [6, 6.07) is 24.3. The Morgan fingerprint density at radius 2 is 1.50 bits per heavy atom. The molecular formula is C20H19NO. The van der Waals surface area contributed by atoms with Gasteiger partial charge in [0.15, 0.2) is 0 Å². The minimum atomic E-state index is 0.332. The van der Waals surface area contributed by atoms with E-state index in [9.17, 15) is 5.11 Å². The Kier molecular flexibility index (Phi) is 4.10. The third-order valence-electron chi connectivity index (χ3n) is 3.71. The van der Waals surface area contributed by atoms with Crippen molar-refractivity contribution < 1.29 is 5.11 Å². The van der Waals surface area contributed by atoms with Crippen molar-refractivity contribution in [3.63, 3.8) is 0 Å². The summed E-state index contributed by atoms with van der Waals surface area (Å²) < 4.78 is 0. The molecule has 0 amide bonds. The molecule has 0 aliphatic carbocycles. The number of benzene rings is 3. The Balaban J connectivity index is 1.70. The molecule has 0 radical (unpaired) electrons. The average Bonchev–Trinajstić information content (AvgIpc) is 2.57. The number of anilines is 1. The summed E-state index contributed by atoms with van der Waals surface area (Å²) in [7, 11) is 0. The fourth-order valence-electron chi connectivity index (χ4n) is 2.46. The van der Waals surface area contributed by atoms with Crippen molar-refractivity contribution in [1.29, 1.82) is 0 Å². The normalized spacial score (nSPS) is 10.4. The van der Waals surface area contributed by atoms with Gasteiger partial charge in [-0.25, -0.2) is 0 Å². The molecule has 3 aromatic carbocycles. The van der Waals surface area contributed by atoms with Crippen LogP contribution in [0.5, 0.6) is 5.75 Å². The predicted molar refractivity (Wildman–Crippen MR) is 92.0 cm³/mol. The van der Waals surface area contributed by atoms with Crippen LogP contribution in [0.25, 0.3) is 11.1 Å². The van der Waals surface area contributed by atoms with Gasteiger partial charge in [-0.05, 0) is 36.2 Å². The fourth-order valence-corrected chi connectivity index (χ4v) is 2.46. The lowest BCUT2D eigenvalue weighted by molar-refractivity contribution is 0.469. The van der Waals surface area contributed by atoms with Gasteiger partial charge in [0.2, 0.25) is 0 Å². The van der Waals surface area contributed by atoms with Crippen LogP contribution >= 0.6 is 0 Å². The Hall–Kier alpha value is -2.74. The zero-order valence-electron chi connectivity index (χ0n) is 12.6. The highest BCUT2D eigenvalue weighted by Crippen LogP contribution is 2.23. The van der Waals surface area contributed by atoms with Crippen LogP contribution in [0.4, 0.5) is 5.69 Å². The molecule has 0 atom stereocenters. The van der Waals surface area contributed by atoms with Gasteiger partial charge in [-0.15, -0.1) is 0 Å². The topological polar surface area (TPSA) is 32.3 Å². The third-order valence-corrected chi connectivity index (χ3v) is 3.71. The van der Waals surface area contributed by atoms with Crippen LogP contribution in [0.1, 0.15) is 11.1 Å². The molecule has 0 aromatic heterocycles. The number of aromatic hydroxyl groups is 1. The van der Waals surface area contributed by atoms with E-state index < -0.39 is 0 Å². The molecule has 0 fully saturated rings. The van der Waals surface area contributed by atoms with Gasteiger partial charge >= 0.3 is 0 Å². The first kappa shape index (κ1) is 14.2. The predicted octanol–water partition coefficient (Wildman–Crippen LogP) is 4.98. The van der Waals surface area contributed by atoms with Crippen LogP contribution < -0.4 is 5.32 Å². The first-order valence-electron chi connectivity index (χ1n) is 7.40. The third kappa shape index (κ3) is 3.29. The second kappa shape index (κ2) is 6.35. The zero-order chi connectivity index (χ0) is 15.4. The smallest absolute Gasteiger partial charge is 0.120 e. The van der Waals surface area contributed by atoms with Crippen molar-refractivity contribution in [2.45, 2.75) is 13.5 Å². The first-order chi connectivity index (χ1) is 10.7. The second-order valence-electron chi connectivity index (χ2n) is 5.43. The first-order valence-corrected chi connectivity index (χ1v) is 7.40. The highest BCUT2D eigenvalue weighted by Gasteiger charge is 2.02. The van der Waals surface area contributed by atoms with E-state index >= 15 is 0 Å². The minimum Gasteiger partial charge on any atom is -0.508 e. The molecule has 0 heterocycles. The summed E-state index contributed by atoms with van der Waals surface area (Å²) in [6.45, 7) is 2.63. The van der Waals surface area contributed by atoms with Crippen LogP contribution in [-0.4, -0.2) is 5.11 Å². The van der Waals surface area contributed by atoms with Gasteiger partial charge < -0.3 is 10.4 Å². The van der Waals surface area contributed by atoms with Gasteiger partial charge in [0.05, 0.1) is 0 Å². The number of nitrogens with one attached hydrogen (secondary N) is 1. The molecule has 2 nitrogen and oxygen atoms in total. The molecule has 2 heteroatoms. The van der Waals surface area contributed by atoms with Gasteiger partial charge in [0.25, 0.3) is 0 Å². The number of rotatable bonds is 4. The van der Waals surface area contributed by atoms with Crippen molar-refractivity contribution in [3.8, 4) is 16.9 Å². The van der Waals surface area contributed by atoms with Crippen molar-refractivity contribution in [2.24, 2.45) is 0 Å². The number of phenolic OH excluding ortho intramolecular Hbond substituents is 1. The summed E-state index contributed by atoms with van der Waals surface area (Å²) >= 11 is 0. The molecule has 0 spiro atoms. The standard InChI is InChI=1S/C20H19NO/c1-15-7-12-20(22)18(13-15)14-21-19-10-8-17(9-11-19)16-5-3-2-4-6-16/h2-13,21-22H,14H2,1H3. The summed E-state index contributed by atoms with van der Waals surface area (Å²) in [5.41, 5.74) is 5.51. The molecule has 0 aliphatic heterocycles. The van der Waals surface area contributed by atoms with Gasteiger partial charge in [0, 0.05) is 17.8 Å². The molecule has 2 N–H and O–H groups in total. The largest absolute Gasteiger partial charge is 0.508 e. The van der Waals surface area contributed by atoms with Crippen molar-refractivity contribution in [3.05, 3.63) is 83.9 Å². The lowest BCUT2D eigenvalue weighted by Crippen LogP contribution is -2.00. The number of hydrogen-bond acceptors (Lipinski definition) is 2. The van der Waals surface area contributed by atoms with Crippen LogP contribution in [0.2, 0.25) is 0 Å². The molecule has 0 aliphatic rings. The van der Waals surface area contributed by atoms with Crippen molar-refractivity contribution in [1.82, 2.24) is 0 Å². The van der Waals surface area contributed by atoms with E-state index in [1.165, 1.54) is 11.1 Å². The average molecular weight is 289 g/mol. The summed E-state index contributed by atoms with van der Waals surface area (Å²) in [6.07, 6.45) is 0. The van der Waals surface area contributed by atoms with E-state index in [1.807, 2.05) is 37.3 Å². The van der Waals surface area contributed by atoms with E-state index in [0.717, 1.165) is 16.8 Å². The maximum absolute atomic E-state index is 9.87. The Morgan fingerprint density at radius 3 is 2.23 bits per heavy atom. The Bertz CT molecular complexity index is 748. The van der Waals surface area contributed by atoms with Gasteiger partial charge in [0.1, 0.15) is 5.75 Å². The van der Waals surface area contributed by atoms with E-state index in [1.54, 1.807) is 6.07 Å². The second-order valence-corrected chi connectivity index (χ2v) is 5.43. The van der Waals surface area contributed by atoms with Crippen LogP contribution in [0.15, 0.2) is 72.8 Å². The number of aryl methyl sites for hydroxylation is 1. The highest BCUT2D eigenvalue weighted by molar-refractivity contribution is 5.65. The number of hydrogen-bond donors (Lipinski definition) is 2. The monoisotopic (exact) mass is 289 g/mol. The van der Waals surface area contributed by atoms with Crippen molar-refractivity contribution in [2.75, 3.05) is 5.32 Å². The van der Waals surface area contributed by atoms with Gasteiger partial charge in [-0.1, -0.05) is 60.2 Å². The number of phenols is 1. The van der Waals surface area contributed by atoms with E-state index in [4.69, 9.17) is 0 Å². The van der Waals surface area contributed by atoms with Crippen molar-refractivity contribution >= 4 is 5.69 Å². The SMILES string of the molecule is Cc1ccc(O)c(CNc2ccc(-c3ccccc3)cc2)c1. The molecule has 22 heavy (non-hydrogen) atoms. The van der Waals surface area contributed by atoms with Crippen LogP contribution in [0, 0.1) is 6.92 Å². The molecular weight excluding hydrogens is 270 g/mol. The lowest BCUT2D eigenvalue weighted by Gasteiger charge is -2.10. The fraction of sp³-hybridized carbons (Fsp3) is 0.100. The van der Waals surface area contributed by atoms with E-state index in [-0.39, 0.29) is 0 Å². The maximum atomic E-state index is 9.87. The van der Waals surface area contributed by atoms with Gasteiger partial charge in [-0.3, -0.25) is 0 Å². The molecule has 110 valence electrons. The minimum absolute atomic E-state index is 0.332. The zero-order valence-corrected chi connectivity index (χ0v) is 12.6. The summed E-state index contributed by atoms with van der Waals surface area (Å²) in [5, 5.41) is 13.2. The van der Waals surface area contributed by atoms with E-state index in [2.05, 4.69) is 41.7 Å². The molecule has 3 aromatic rings. The summed E-state index contributed by atoms with van der Waals surface area (Å²) in [4.78, 5) is 0. The molecule has 0 bridgehead atoms. The Labute approximate surface area is 131 Å². The quantitative estimate of drug-likeness (QED) is 0.710. The molecule has 3 rings (SSSR count). The molecule has 0 saturated carbocycles. The highest BCUT2D eigenvalue weighted by atomic mass is 16.3.